The average Bonchev–Trinajstić information content (AvgIpc) is 2.82. The minimum absolute atomic E-state index is 0.0101. The van der Waals surface area contributed by atoms with Gasteiger partial charge in [-0.15, -0.1) is 0 Å². The topological polar surface area (TPSA) is 67.9 Å². The van der Waals surface area contributed by atoms with Crippen LogP contribution in [0.2, 0.25) is 0 Å². The highest BCUT2D eigenvalue weighted by atomic mass is 16.5. The lowest BCUT2D eigenvalue weighted by atomic mass is 9.70. The van der Waals surface area contributed by atoms with Gasteiger partial charge in [0.25, 0.3) is 0 Å². The molecule has 3 aliphatic rings. The van der Waals surface area contributed by atoms with Gasteiger partial charge in [-0.2, -0.15) is 0 Å². The van der Waals surface area contributed by atoms with Gasteiger partial charge in [0, 0.05) is 43.8 Å². The summed E-state index contributed by atoms with van der Waals surface area (Å²) in [6, 6.07) is 17.5. The van der Waals surface area contributed by atoms with E-state index in [1.807, 2.05) is 53.4 Å². The van der Waals surface area contributed by atoms with Gasteiger partial charge in [0.2, 0.25) is 11.8 Å². The molecule has 5 rings (SSSR count). The van der Waals surface area contributed by atoms with Gasteiger partial charge in [-0.1, -0.05) is 48.5 Å². The summed E-state index contributed by atoms with van der Waals surface area (Å²) in [5.74, 6) is 1.19. The zero-order chi connectivity index (χ0) is 23.9. The molecule has 34 heavy (non-hydrogen) atoms. The van der Waals surface area contributed by atoms with E-state index in [4.69, 9.17) is 9.47 Å². The number of rotatable bonds is 4. The first-order chi connectivity index (χ1) is 16.3. The maximum absolute atomic E-state index is 13.5. The first kappa shape index (κ1) is 22.9. The summed E-state index contributed by atoms with van der Waals surface area (Å²) in [5.41, 5.74) is 1.83. The molecular formula is C28H34N2O4. The van der Waals surface area contributed by atoms with Gasteiger partial charge in [0.05, 0.1) is 12.2 Å². The SMILES string of the molecule is CC(=O)N[C@@H](Cc1ccccc1)C(=O)N1CC[C@H]2O[C@H]3c4ccccc4OC(C)(C)[C@@H]3C[C@H]2C1. The average molecular weight is 463 g/mol. The molecule has 1 N–H and O–H groups in total. The second-order valence-electron chi connectivity index (χ2n) is 10.5. The summed E-state index contributed by atoms with van der Waals surface area (Å²) in [5, 5.41) is 2.89. The zero-order valence-electron chi connectivity index (χ0n) is 20.2. The smallest absolute Gasteiger partial charge is 0.245 e. The Hall–Kier alpha value is -2.86. The van der Waals surface area contributed by atoms with Gasteiger partial charge in [-0.25, -0.2) is 0 Å². The van der Waals surface area contributed by atoms with Crippen molar-refractivity contribution in [1.29, 1.82) is 0 Å². The molecule has 0 spiro atoms. The summed E-state index contributed by atoms with van der Waals surface area (Å²) >= 11 is 0. The number of para-hydroxylation sites is 1. The van der Waals surface area contributed by atoms with Crippen LogP contribution in [0.4, 0.5) is 0 Å². The molecule has 0 bridgehead atoms. The third-order valence-corrected chi connectivity index (χ3v) is 7.67. The van der Waals surface area contributed by atoms with Crippen molar-refractivity contribution in [3.63, 3.8) is 0 Å². The van der Waals surface area contributed by atoms with E-state index < -0.39 is 6.04 Å². The fraction of sp³-hybridized carbons (Fsp3) is 0.500. The van der Waals surface area contributed by atoms with E-state index in [1.54, 1.807) is 0 Å². The first-order valence-electron chi connectivity index (χ1n) is 12.3. The van der Waals surface area contributed by atoms with Crippen molar-refractivity contribution in [3.05, 3.63) is 65.7 Å². The van der Waals surface area contributed by atoms with E-state index >= 15 is 0 Å². The first-order valence-corrected chi connectivity index (χ1v) is 12.3. The number of nitrogens with zero attached hydrogens (tertiary/aromatic N) is 1. The lowest BCUT2D eigenvalue weighted by molar-refractivity contribution is -0.189. The molecule has 0 saturated carbocycles. The zero-order valence-corrected chi connectivity index (χ0v) is 20.2. The number of amides is 2. The molecule has 0 aromatic heterocycles. The molecule has 180 valence electrons. The number of fused-ring (bicyclic) bond motifs is 4. The molecular weight excluding hydrogens is 428 g/mol. The molecule has 3 heterocycles. The van der Waals surface area contributed by atoms with Crippen molar-refractivity contribution in [3.8, 4) is 5.75 Å². The Labute approximate surface area is 201 Å². The molecule has 2 amide bonds. The van der Waals surface area contributed by atoms with Crippen LogP contribution in [0, 0.1) is 11.8 Å². The Balaban J connectivity index is 1.32. The number of hydrogen-bond acceptors (Lipinski definition) is 4. The van der Waals surface area contributed by atoms with Gasteiger partial charge in [-0.3, -0.25) is 9.59 Å². The van der Waals surface area contributed by atoms with Crippen LogP contribution in [0.25, 0.3) is 0 Å². The number of ether oxygens (including phenoxy) is 2. The van der Waals surface area contributed by atoms with Crippen LogP contribution in [-0.4, -0.2) is 47.6 Å². The van der Waals surface area contributed by atoms with Crippen molar-refractivity contribution < 1.29 is 19.1 Å². The van der Waals surface area contributed by atoms with E-state index in [-0.39, 0.29) is 41.5 Å². The molecule has 2 saturated heterocycles. The number of hydrogen-bond donors (Lipinski definition) is 1. The lowest BCUT2D eigenvalue weighted by Crippen LogP contribution is -2.58. The fourth-order valence-corrected chi connectivity index (χ4v) is 5.97. The number of nitrogens with one attached hydrogen (secondary N) is 1. The quantitative estimate of drug-likeness (QED) is 0.748. The molecule has 2 aromatic carbocycles. The van der Waals surface area contributed by atoms with Gasteiger partial charge in [-0.05, 0) is 38.3 Å². The largest absolute Gasteiger partial charge is 0.487 e. The van der Waals surface area contributed by atoms with Crippen molar-refractivity contribution in [1.82, 2.24) is 10.2 Å². The van der Waals surface area contributed by atoms with Gasteiger partial charge in [0.15, 0.2) is 0 Å². The molecule has 0 radical (unpaired) electrons. The molecule has 2 aromatic rings. The predicted molar refractivity (Wildman–Crippen MR) is 129 cm³/mol. The molecule has 0 unspecified atom stereocenters. The summed E-state index contributed by atoms with van der Waals surface area (Å²) in [6.45, 7) is 7.04. The molecule has 6 heteroatoms. The number of benzene rings is 2. The predicted octanol–water partition coefficient (Wildman–Crippen LogP) is 3.90. The molecule has 0 aliphatic carbocycles. The van der Waals surface area contributed by atoms with Crippen LogP contribution in [0.3, 0.4) is 0 Å². The third kappa shape index (κ3) is 4.43. The highest BCUT2D eigenvalue weighted by molar-refractivity contribution is 5.87. The standard InChI is InChI=1S/C28H34N2O4/c1-18(31)29-23(15-19-9-5-4-6-10-19)27(32)30-14-13-24-20(17-30)16-22-26(33-24)21-11-7-8-12-25(21)34-28(22,2)3/h4-12,20,22-24,26H,13-17H2,1-3H3,(H,29,31)/t20-,22+,23-,24+,26-/m0/s1. The van der Waals surface area contributed by atoms with Crippen molar-refractivity contribution >= 4 is 11.8 Å². The maximum Gasteiger partial charge on any atom is 0.245 e. The fourth-order valence-electron chi connectivity index (χ4n) is 5.97. The maximum atomic E-state index is 13.5. The van der Waals surface area contributed by atoms with Gasteiger partial charge >= 0.3 is 0 Å². The Morgan fingerprint density at radius 3 is 2.62 bits per heavy atom. The van der Waals surface area contributed by atoms with Crippen LogP contribution in [0.15, 0.2) is 54.6 Å². The van der Waals surface area contributed by atoms with E-state index in [1.165, 1.54) is 6.92 Å². The second kappa shape index (κ2) is 9.06. The van der Waals surface area contributed by atoms with Crippen LogP contribution in [0.5, 0.6) is 5.75 Å². The normalized spacial score (nSPS) is 27.9. The Kier molecular flexibility index (Phi) is 6.11. The highest BCUT2D eigenvalue weighted by Crippen LogP contribution is 2.52. The summed E-state index contributed by atoms with van der Waals surface area (Å²) < 4.78 is 13.1. The molecule has 2 fully saturated rings. The monoisotopic (exact) mass is 462 g/mol. The molecule has 5 atom stereocenters. The van der Waals surface area contributed by atoms with Gasteiger partial charge in [0.1, 0.15) is 17.4 Å². The van der Waals surface area contributed by atoms with Crippen molar-refractivity contribution in [2.75, 3.05) is 13.1 Å². The summed E-state index contributed by atoms with van der Waals surface area (Å²) in [4.78, 5) is 27.3. The van der Waals surface area contributed by atoms with Crippen LogP contribution in [-0.2, 0) is 20.7 Å². The molecule has 6 nitrogen and oxygen atoms in total. The van der Waals surface area contributed by atoms with E-state index in [9.17, 15) is 9.59 Å². The van der Waals surface area contributed by atoms with Crippen molar-refractivity contribution in [2.45, 2.75) is 63.9 Å². The number of carbonyl (C=O) groups is 2. The molecule has 3 aliphatic heterocycles. The summed E-state index contributed by atoms with van der Waals surface area (Å²) in [6.07, 6.45) is 2.39. The van der Waals surface area contributed by atoms with E-state index in [0.717, 1.165) is 29.7 Å². The van der Waals surface area contributed by atoms with Crippen LogP contribution >= 0.6 is 0 Å². The minimum Gasteiger partial charge on any atom is -0.487 e. The summed E-state index contributed by atoms with van der Waals surface area (Å²) in [7, 11) is 0. The van der Waals surface area contributed by atoms with Crippen molar-refractivity contribution in [2.24, 2.45) is 11.8 Å². The van der Waals surface area contributed by atoms with E-state index in [2.05, 4.69) is 25.2 Å². The number of piperidine rings is 1. The Morgan fingerprint density at radius 1 is 1.12 bits per heavy atom. The minimum atomic E-state index is -0.560. The Bertz CT molecular complexity index is 1050. The van der Waals surface area contributed by atoms with E-state index in [0.29, 0.717) is 19.5 Å². The lowest BCUT2D eigenvalue weighted by Gasteiger charge is -2.53. The van der Waals surface area contributed by atoms with Crippen LogP contribution < -0.4 is 10.1 Å². The Morgan fingerprint density at radius 2 is 1.85 bits per heavy atom. The van der Waals surface area contributed by atoms with Gasteiger partial charge < -0.3 is 19.7 Å². The number of likely N-dealkylation sites (tertiary alicyclic amines) is 1. The number of carbonyl (C=O) groups excluding carboxylic acids is 2. The van der Waals surface area contributed by atoms with Crippen LogP contribution in [0.1, 0.15) is 50.8 Å². The highest BCUT2D eigenvalue weighted by Gasteiger charge is 2.51. The second-order valence-corrected chi connectivity index (χ2v) is 10.5. The third-order valence-electron chi connectivity index (χ3n) is 7.67.